The van der Waals surface area contributed by atoms with E-state index in [1.165, 1.54) is 0 Å². The Kier molecular flexibility index (Phi) is 6.89. The number of rotatable bonds is 4. The van der Waals surface area contributed by atoms with Crippen molar-refractivity contribution >= 4 is 51.3 Å². The largest absolute Gasteiger partial charge is 0.366 e. The summed E-state index contributed by atoms with van der Waals surface area (Å²) >= 11 is 5.46. The zero-order valence-electron chi connectivity index (χ0n) is 18.9. The van der Waals surface area contributed by atoms with Crippen LogP contribution in [-0.2, 0) is 4.79 Å². The van der Waals surface area contributed by atoms with Crippen LogP contribution < -0.4 is 15.5 Å². The lowest BCUT2D eigenvalue weighted by atomic mass is 10.0. The van der Waals surface area contributed by atoms with Gasteiger partial charge in [0.1, 0.15) is 0 Å². The average molecular weight is 461 g/mol. The molecule has 0 unspecified atom stereocenters. The molecule has 0 bridgehead atoms. The normalized spacial score (nSPS) is 13.8. The van der Waals surface area contributed by atoms with Gasteiger partial charge in [-0.05, 0) is 41.2 Å². The maximum Gasteiger partial charge on any atom is 0.258 e. The Hall–Kier alpha value is -3.45. The van der Waals surface area contributed by atoms with Gasteiger partial charge in [0.25, 0.3) is 5.91 Å². The maximum atomic E-state index is 12.9. The Morgan fingerprint density at radius 2 is 1.55 bits per heavy atom. The fourth-order valence-electron chi connectivity index (χ4n) is 4.14. The second-order valence-corrected chi connectivity index (χ2v) is 8.83. The van der Waals surface area contributed by atoms with Crippen molar-refractivity contribution in [2.45, 2.75) is 13.8 Å². The van der Waals surface area contributed by atoms with Gasteiger partial charge in [0.15, 0.2) is 5.11 Å². The smallest absolute Gasteiger partial charge is 0.258 e. The van der Waals surface area contributed by atoms with E-state index in [9.17, 15) is 9.59 Å². The SMILES string of the molecule is CC(C)C(=O)N1CCN(c2ccccc2NC(=S)NC(=O)c2cccc3ccccc23)CC1. The number of nitrogens with one attached hydrogen (secondary N) is 2. The first-order chi connectivity index (χ1) is 15.9. The zero-order valence-corrected chi connectivity index (χ0v) is 19.7. The summed E-state index contributed by atoms with van der Waals surface area (Å²) in [7, 11) is 0. The first-order valence-electron chi connectivity index (χ1n) is 11.2. The topological polar surface area (TPSA) is 64.7 Å². The van der Waals surface area contributed by atoms with Gasteiger partial charge in [0.2, 0.25) is 5.91 Å². The summed E-state index contributed by atoms with van der Waals surface area (Å²) in [6.07, 6.45) is 0. The highest BCUT2D eigenvalue weighted by Crippen LogP contribution is 2.27. The molecule has 0 spiro atoms. The number of hydrogen-bond donors (Lipinski definition) is 2. The number of amides is 2. The number of carbonyl (C=O) groups is 2. The molecule has 1 fully saturated rings. The van der Waals surface area contributed by atoms with Crippen molar-refractivity contribution in [3.63, 3.8) is 0 Å². The number of nitrogens with zero attached hydrogens (tertiary/aromatic N) is 2. The third-order valence-electron chi connectivity index (χ3n) is 5.84. The standard InChI is InChI=1S/C26H28N4O2S/c1-18(2)25(32)30-16-14-29(15-17-30)23-13-6-5-12-22(23)27-26(33)28-24(31)21-11-7-9-19-8-3-4-10-20(19)21/h3-13,18H,14-17H2,1-2H3,(H2,27,28,31,33). The molecule has 3 aromatic carbocycles. The maximum absolute atomic E-state index is 12.9. The molecular weight excluding hydrogens is 432 g/mol. The molecule has 33 heavy (non-hydrogen) atoms. The van der Waals surface area contributed by atoms with Crippen molar-refractivity contribution in [2.24, 2.45) is 5.92 Å². The quantitative estimate of drug-likeness (QED) is 0.570. The molecule has 0 aliphatic carbocycles. The van der Waals surface area contributed by atoms with E-state index in [0.29, 0.717) is 18.7 Å². The molecule has 0 aromatic heterocycles. The highest BCUT2D eigenvalue weighted by atomic mass is 32.1. The molecule has 7 heteroatoms. The van der Waals surface area contributed by atoms with Crippen LogP contribution in [0.2, 0.25) is 0 Å². The lowest BCUT2D eigenvalue weighted by Crippen LogP contribution is -2.50. The van der Waals surface area contributed by atoms with E-state index < -0.39 is 0 Å². The molecule has 0 atom stereocenters. The molecule has 0 saturated carbocycles. The first kappa shape index (κ1) is 22.7. The van der Waals surface area contributed by atoms with E-state index in [-0.39, 0.29) is 22.8 Å². The van der Waals surface area contributed by atoms with Crippen LogP contribution in [0.5, 0.6) is 0 Å². The Labute approximate surface area is 199 Å². The lowest BCUT2D eigenvalue weighted by molar-refractivity contribution is -0.134. The van der Waals surface area contributed by atoms with E-state index in [0.717, 1.165) is 35.2 Å². The van der Waals surface area contributed by atoms with Crippen LogP contribution in [0.3, 0.4) is 0 Å². The number of para-hydroxylation sites is 2. The molecule has 1 aliphatic heterocycles. The van der Waals surface area contributed by atoms with Crippen LogP contribution in [0.4, 0.5) is 11.4 Å². The van der Waals surface area contributed by atoms with Gasteiger partial charge in [0, 0.05) is 37.7 Å². The minimum absolute atomic E-state index is 0.00761. The number of hydrogen-bond acceptors (Lipinski definition) is 4. The summed E-state index contributed by atoms with van der Waals surface area (Å²) in [5.74, 6) is -0.0470. The molecule has 6 nitrogen and oxygen atoms in total. The van der Waals surface area contributed by atoms with Crippen LogP contribution in [0.15, 0.2) is 66.7 Å². The number of carbonyl (C=O) groups excluding carboxylic acids is 2. The predicted molar refractivity (Wildman–Crippen MR) is 138 cm³/mol. The second kappa shape index (κ2) is 10.0. The average Bonchev–Trinajstić information content (AvgIpc) is 2.83. The van der Waals surface area contributed by atoms with Crippen molar-refractivity contribution in [1.29, 1.82) is 0 Å². The van der Waals surface area contributed by atoms with E-state index in [1.807, 2.05) is 79.4 Å². The van der Waals surface area contributed by atoms with E-state index in [4.69, 9.17) is 12.2 Å². The summed E-state index contributed by atoms with van der Waals surface area (Å²) in [5, 5.41) is 8.13. The zero-order chi connectivity index (χ0) is 23.4. The van der Waals surface area contributed by atoms with Crippen molar-refractivity contribution in [3.8, 4) is 0 Å². The fourth-order valence-corrected chi connectivity index (χ4v) is 4.34. The highest BCUT2D eigenvalue weighted by molar-refractivity contribution is 7.80. The van der Waals surface area contributed by atoms with Gasteiger partial charge >= 0.3 is 0 Å². The fraction of sp³-hybridized carbons (Fsp3) is 0.269. The Bertz CT molecular complexity index is 1180. The molecule has 2 amide bonds. The highest BCUT2D eigenvalue weighted by Gasteiger charge is 2.24. The molecule has 1 saturated heterocycles. The van der Waals surface area contributed by atoms with Crippen molar-refractivity contribution in [2.75, 3.05) is 36.4 Å². The van der Waals surface area contributed by atoms with Crippen molar-refractivity contribution in [3.05, 3.63) is 72.3 Å². The number of thiocarbonyl (C=S) groups is 1. The number of piperazine rings is 1. The van der Waals surface area contributed by atoms with Crippen LogP contribution in [0.1, 0.15) is 24.2 Å². The predicted octanol–water partition coefficient (Wildman–Crippen LogP) is 4.27. The van der Waals surface area contributed by atoms with Gasteiger partial charge in [-0.3, -0.25) is 14.9 Å². The summed E-state index contributed by atoms with van der Waals surface area (Å²) in [4.78, 5) is 29.4. The molecule has 3 aromatic rings. The van der Waals surface area contributed by atoms with Crippen LogP contribution in [0, 0.1) is 5.92 Å². The monoisotopic (exact) mass is 460 g/mol. The molecule has 2 N–H and O–H groups in total. The molecule has 4 rings (SSSR count). The van der Waals surface area contributed by atoms with Crippen LogP contribution in [0.25, 0.3) is 10.8 Å². The third kappa shape index (κ3) is 5.14. The molecule has 0 radical (unpaired) electrons. The van der Waals surface area contributed by atoms with Crippen molar-refractivity contribution in [1.82, 2.24) is 10.2 Å². The van der Waals surface area contributed by atoms with E-state index in [1.54, 1.807) is 6.07 Å². The first-order valence-corrected chi connectivity index (χ1v) is 11.6. The van der Waals surface area contributed by atoms with Crippen LogP contribution in [-0.4, -0.2) is 48.0 Å². The Balaban J connectivity index is 1.43. The lowest BCUT2D eigenvalue weighted by Gasteiger charge is -2.37. The van der Waals surface area contributed by atoms with E-state index in [2.05, 4.69) is 15.5 Å². The summed E-state index contributed by atoms with van der Waals surface area (Å²) < 4.78 is 0. The van der Waals surface area contributed by atoms with Gasteiger partial charge in [-0.1, -0.05) is 62.4 Å². The molecular formula is C26H28N4O2S. The minimum Gasteiger partial charge on any atom is -0.366 e. The number of fused-ring (bicyclic) bond motifs is 1. The van der Waals surface area contributed by atoms with Gasteiger partial charge in [-0.15, -0.1) is 0 Å². The summed E-state index contributed by atoms with van der Waals surface area (Å²) in [6, 6.07) is 21.3. The third-order valence-corrected chi connectivity index (χ3v) is 6.04. The van der Waals surface area contributed by atoms with Crippen LogP contribution >= 0.6 is 12.2 Å². The minimum atomic E-state index is -0.248. The van der Waals surface area contributed by atoms with E-state index >= 15 is 0 Å². The van der Waals surface area contributed by atoms with Gasteiger partial charge in [-0.2, -0.15) is 0 Å². The van der Waals surface area contributed by atoms with Gasteiger partial charge in [-0.25, -0.2) is 0 Å². The Morgan fingerprint density at radius 3 is 2.30 bits per heavy atom. The number of anilines is 2. The molecule has 1 heterocycles. The summed E-state index contributed by atoms with van der Waals surface area (Å²) in [5.41, 5.74) is 2.40. The Morgan fingerprint density at radius 1 is 0.879 bits per heavy atom. The molecule has 1 aliphatic rings. The van der Waals surface area contributed by atoms with Gasteiger partial charge < -0.3 is 15.1 Å². The van der Waals surface area contributed by atoms with Gasteiger partial charge in [0.05, 0.1) is 11.4 Å². The number of benzene rings is 3. The second-order valence-electron chi connectivity index (χ2n) is 8.42. The van der Waals surface area contributed by atoms with Crippen molar-refractivity contribution < 1.29 is 9.59 Å². The summed E-state index contributed by atoms with van der Waals surface area (Å²) in [6.45, 7) is 6.72. The molecule has 170 valence electrons.